The molecule has 0 radical (unpaired) electrons. The molecule has 4 nitrogen and oxygen atoms in total. The lowest BCUT2D eigenvalue weighted by Gasteiger charge is -2.38. The summed E-state index contributed by atoms with van der Waals surface area (Å²) in [6.07, 6.45) is 1.69. The second kappa shape index (κ2) is 4.20. The summed E-state index contributed by atoms with van der Waals surface area (Å²) in [7, 11) is 1.63. The Labute approximate surface area is 99.9 Å². The molecule has 1 saturated carbocycles. The fourth-order valence-electron chi connectivity index (χ4n) is 2.14. The fourth-order valence-corrected chi connectivity index (χ4v) is 2.14. The summed E-state index contributed by atoms with van der Waals surface area (Å²) >= 11 is 0. The predicted molar refractivity (Wildman–Crippen MR) is 63.8 cm³/mol. The minimum atomic E-state index is -1.19. The van der Waals surface area contributed by atoms with Crippen LogP contribution in [0.5, 0.6) is 0 Å². The van der Waals surface area contributed by atoms with Crippen molar-refractivity contribution >= 4 is 17.6 Å². The SMILES string of the molecule is CN(C(=O)C1(C(=O)O)CCC1)c1ccccc1. The second-order valence-electron chi connectivity index (χ2n) is 4.44. The summed E-state index contributed by atoms with van der Waals surface area (Å²) in [5.74, 6) is -1.32. The molecule has 1 amide bonds. The van der Waals surface area contributed by atoms with Gasteiger partial charge in [0.1, 0.15) is 5.41 Å². The van der Waals surface area contributed by atoms with E-state index in [9.17, 15) is 14.7 Å². The summed E-state index contributed by atoms with van der Waals surface area (Å²) in [5.41, 5.74) is -0.463. The molecule has 2 rings (SSSR count). The van der Waals surface area contributed by atoms with E-state index in [2.05, 4.69) is 0 Å². The average molecular weight is 233 g/mol. The lowest BCUT2D eigenvalue weighted by atomic mass is 9.68. The van der Waals surface area contributed by atoms with Gasteiger partial charge >= 0.3 is 5.97 Å². The van der Waals surface area contributed by atoms with Gasteiger partial charge in [-0.15, -0.1) is 0 Å². The molecule has 0 unspecified atom stereocenters. The highest BCUT2D eigenvalue weighted by atomic mass is 16.4. The van der Waals surface area contributed by atoms with Gasteiger partial charge < -0.3 is 10.0 Å². The topological polar surface area (TPSA) is 57.6 Å². The van der Waals surface area contributed by atoms with Crippen LogP contribution in [0.25, 0.3) is 0 Å². The number of carbonyl (C=O) groups is 2. The molecule has 4 heteroatoms. The van der Waals surface area contributed by atoms with Gasteiger partial charge in [-0.3, -0.25) is 9.59 Å². The first-order chi connectivity index (χ1) is 8.08. The molecule has 1 N–H and O–H groups in total. The average Bonchev–Trinajstić information content (AvgIpc) is 2.27. The maximum absolute atomic E-state index is 12.2. The number of hydrogen-bond acceptors (Lipinski definition) is 2. The van der Waals surface area contributed by atoms with E-state index >= 15 is 0 Å². The molecule has 0 heterocycles. The number of amides is 1. The minimum absolute atomic E-state index is 0.317. The van der Waals surface area contributed by atoms with Crippen LogP contribution in [-0.4, -0.2) is 24.0 Å². The number of hydrogen-bond donors (Lipinski definition) is 1. The molecule has 17 heavy (non-hydrogen) atoms. The monoisotopic (exact) mass is 233 g/mol. The van der Waals surface area contributed by atoms with E-state index in [1.54, 1.807) is 19.2 Å². The van der Waals surface area contributed by atoms with Gasteiger partial charge in [0.15, 0.2) is 0 Å². The molecule has 0 atom stereocenters. The second-order valence-corrected chi connectivity index (χ2v) is 4.44. The first-order valence-corrected chi connectivity index (χ1v) is 5.64. The molecule has 1 aliphatic rings. The van der Waals surface area contributed by atoms with Crippen LogP contribution in [-0.2, 0) is 9.59 Å². The third kappa shape index (κ3) is 1.79. The molecule has 0 saturated heterocycles. The van der Waals surface area contributed by atoms with Crippen molar-refractivity contribution in [3.8, 4) is 0 Å². The van der Waals surface area contributed by atoms with Crippen molar-refractivity contribution in [1.29, 1.82) is 0 Å². The molecule has 1 aromatic rings. The molecule has 1 fully saturated rings. The smallest absolute Gasteiger partial charge is 0.319 e. The number of carboxylic acid groups (broad SMARTS) is 1. The number of aliphatic carboxylic acids is 1. The Hall–Kier alpha value is -1.84. The van der Waals surface area contributed by atoms with E-state index in [1.807, 2.05) is 18.2 Å². The maximum Gasteiger partial charge on any atom is 0.319 e. The van der Waals surface area contributed by atoms with E-state index in [4.69, 9.17) is 0 Å². The van der Waals surface area contributed by atoms with Crippen LogP contribution in [0.15, 0.2) is 30.3 Å². The first kappa shape index (κ1) is 11.6. The van der Waals surface area contributed by atoms with Crippen LogP contribution in [0.2, 0.25) is 0 Å². The van der Waals surface area contributed by atoms with Gasteiger partial charge in [-0.2, -0.15) is 0 Å². The molecule has 1 aliphatic carbocycles. The Morgan fingerprint density at radius 2 is 1.82 bits per heavy atom. The zero-order chi connectivity index (χ0) is 12.5. The third-order valence-electron chi connectivity index (χ3n) is 3.47. The summed E-state index contributed by atoms with van der Waals surface area (Å²) in [6.45, 7) is 0. The Kier molecular flexibility index (Phi) is 2.88. The maximum atomic E-state index is 12.2. The fraction of sp³-hybridized carbons (Fsp3) is 0.385. The zero-order valence-corrected chi connectivity index (χ0v) is 9.72. The summed E-state index contributed by atoms with van der Waals surface area (Å²) in [5, 5.41) is 9.20. The Bertz CT molecular complexity index is 437. The Morgan fingerprint density at radius 3 is 2.24 bits per heavy atom. The van der Waals surface area contributed by atoms with Gasteiger partial charge in [0.25, 0.3) is 0 Å². The number of carboxylic acids is 1. The van der Waals surface area contributed by atoms with Crippen LogP contribution in [0, 0.1) is 5.41 Å². The number of carbonyl (C=O) groups excluding carboxylic acids is 1. The third-order valence-corrected chi connectivity index (χ3v) is 3.47. The summed E-state index contributed by atoms with van der Waals surface area (Å²) in [6, 6.07) is 9.11. The largest absolute Gasteiger partial charge is 0.480 e. The van der Waals surface area contributed by atoms with Crippen LogP contribution in [0.1, 0.15) is 19.3 Å². The van der Waals surface area contributed by atoms with E-state index in [-0.39, 0.29) is 5.91 Å². The van der Waals surface area contributed by atoms with Crippen molar-refractivity contribution in [2.45, 2.75) is 19.3 Å². The van der Waals surface area contributed by atoms with E-state index in [0.29, 0.717) is 12.8 Å². The Morgan fingerprint density at radius 1 is 1.24 bits per heavy atom. The van der Waals surface area contributed by atoms with Crippen LogP contribution >= 0.6 is 0 Å². The quantitative estimate of drug-likeness (QED) is 0.811. The highest BCUT2D eigenvalue weighted by Gasteiger charge is 2.52. The van der Waals surface area contributed by atoms with Crippen LogP contribution in [0.3, 0.4) is 0 Å². The summed E-state index contributed by atoms with van der Waals surface area (Å²) < 4.78 is 0. The molecule has 1 aromatic carbocycles. The standard InChI is InChI=1S/C13H15NO3/c1-14(10-6-3-2-4-7-10)11(15)13(12(16)17)8-5-9-13/h2-4,6-7H,5,8-9H2,1H3,(H,16,17). The minimum Gasteiger partial charge on any atom is -0.480 e. The zero-order valence-electron chi connectivity index (χ0n) is 9.72. The lowest BCUT2D eigenvalue weighted by molar-refractivity contribution is -0.160. The molecule has 90 valence electrons. The van der Waals surface area contributed by atoms with Crippen LogP contribution < -0.4 is 4.90 Å². The predicted octanol–water partition coefficient (Wildman–Crippen LogP) is 1.90. The van der Waals surface area contributed by atoms with Crippen molar-refractivity contribution < 1.29 is 14.7 Å². The number of rotatable bonds is 3. The molecule has 0 aliphatic heterocycles. The van der Waals surface area contributed by atoms with Crippen molar-refractivity contribution in [2.75, 3.05) is 11.9 Å². The first-order valence-electron chi connectivity index (χ1n) is 5.64. The molecule has 0 aromatic heterocycles. The van der Waals surface area contributed by atoms with Crippen molar-refractivity contribution in [3.63, 3.8) is 0 Å². The van der Waals surface area contributed by atoms with E-state index < -0.39 is 11.4 Å². The number of para-hydroxylation sites is 1. The van der Waals surface area contributed by atoms with Gasteiger partial charge in [-0.25, -0.2) is 0 Å². The van der Waals surface area contributed by atoms with Gasteiger partial charge in [-0.05, 0) is 25.0 Å². The van der Waals surface area contributed by atoms with Gasteiger partial charge in [0, 0.05) is 12.7 Å². The van der Waals surface area contributed by atoms with E-state index in [0.717, 1.165) is 12.1 Å². The number of nitrogens with zero attached hydrogens (tertiary/aromatic N) is 1. The normalized spacial score (nSPS) is 17.0. The van der Waals surface area contributed by atoms with Gasteiger partial charge in [-0.1, -0.05) is 24.6 Å². The highest BCUT2D eigenvalue weighted by molar-refractivity contribution is 6.10. The molecule has 0 bridgehead atoms. The van der Waals surface area contributed by atoms with Gasteiger partial charge in [0.05, 0.1) is 0 Å². The lowest BCUT2D eigenvalue weighted by Crippen LogP contribution is -2.51. The molecule has 0 spiro atoms. The number of anilines is 1. The molecular weight excluding hydrogens is 218 g/mol. The highest BCUT2D eigenvalue weighted by Crippen LogP contribution is 2.43. The Balaban J connectivity index is 2.23. The van der Waals surface area contributed by atoms with Crippen LogP contribution in [0.4, 0.5) is 5.69 Å². The van der Waals surface area contributed by atoms with Crippen molar-refractivity contribution in [3.05, 3.63) is 30.3 Å². The van der Waals surface area contributed by atoms with E-state index in [1.165, 1.54) is 4.90 Å². The molecular formula is C13H15NO3. The van der Waals surface area contributed by atoms with Crippen molar-refractivity contribution in [1.82, 2.24) is 0 Å². The van der Waals surface area contributed by atoms with Gasteiger partial charge in [0.2, 0.25) is 5.91 Å². The summed E-state index contributed by atoms with van der Waals surface area (Å²) in [4.78, 5) is 24.9. The number of benzene rings is 1. The van der Waals surface area contributed by atoms with Crippen molar-refractivity contribution in [2.24, 2.45) is 5.41 Å².